The number of carbonyl (C=O) groups is 3. The van der Waals surface area contributed by atoms with Crippen molar-refractivity contribution >= 4 is 18.0 Å². The summed E-state index contributed by atoms with van der Waals surface area (Å²) >= 11 is 0. The molecule has 0 radical (unpaired) electrons. The van der Waals surface area contributed by atoms with E-state index in [0.29, 0.717) is 41.5 Å². The lowest BCUT2D eigenvalue weighted by Crippen LogP contribution is -2.33. The maximum atomic E-state index is 12.9. The van der Waals surface area contributed by atoms with Crippen LogP contribution in [0.3, 0.4) is 0 Å². The normalized spacial score (nSPS) is 11.8. The number of esters is 2. The van der Waals surface area contributed by atoms with Gasteiger partial charge in [0, 0.05) is 51.0 Å². The van der Waals surface area contributed by atoms with Crippen LogP contribution in [0.1, 0.15) is 41.5 Å². The van der Waals surface area contributed by atoms with Gasteiger partial charge >= 0.3 is 18.0 Å². The van der Waals surface area contributed by atoms with Crippen LogP contribution in [0.15, 0.2) is 60.7 Å². The molecule has 0 aliphatic heterocycles. The van der Waals surface area contributed by atoms with Crippen molar-refractivity contribution in [3.05, 3.63) is 71.9 Å². The molecule has 2 heterocycles. The van der Waals surface area contributed by atoms with Gasteiger partial charge in [0.2, 0.25) is 0 Å². The van der Waals surface area contributed by atoms with E-state index in [2.05, 4.69) is 14.8 Å². The lowest BCUT2D eigenvalue weighted by molar-refractivity contribution is 0.0529. The summed E-state index contributed by atoms with van der Waals surface area (Å²) in [6.07, 6.45) is 6.73. The second kappa shape index (κ2) is 15.2. The van der Waals surface area contributed by atoms with Crippen LogP contribution in [0.2, 0.25) is 0 Å². The van der Waals surface area contributed by atoms with E-state index in [9.17, 15) is 23.2 Å². The SMILES string of the molecule is COC(=O)c1ccn(C/C(=C/F)CN)c1.COC(=O)c1ccn(C/C(=C/F)CNC(=O)OC(C)(C)C)c1. The molecule has 0 saturated heterocycles. The lowest BCUT2D eigenvalue weighted by atomic mass is 10.2. The molecule has 12 heteroatoms. The average molecular weight is 525 g/mol. The zero-order valence-electron chi connectivity index (χ0n) is 21.6. The molecule has 0 aliphatic carbocycles. The first kappa shape index (κ1) is 31.1. The molecule has 0 aliphatic rings. The van der Waals surface area contributed by atoms with Gasteiger partial charge in [-0.1, -0.05) is 0 Å². The molecule has 10 nitrogen and oxygen atoms in total. The Bertz CT molecular complexity index is 1100. The molecule has 2 rings (SSSR count). The first-order valence-electron chi connectivity index (χ1n) is 11.2. The summed E-state index contributed by atoms with van der Waals surface area (Å²) in [5.41, 5.74) is 6.30. The molecule has 0 fully saturated rings. The number of hydrogen-bond donors (Lipinski definition) is 2. The van der Waals surface area contributed by atoms with Crippen molar-refractivity contribution in [1.29, 1.82) is 0 Å². The van der Waals surface area contributed by atoms with Crippen LogP contribution in [0.5, 0.6) is 0 Å². The minimum atomic E-state index is -0.616. The maximum Gasteiger partial charge on any atom is 0.407 e. The van der Waals surface area contributed by atoms with E-state index < -0.39 is 23.6 Å². The standard InChI is InChI=1S/C15H21FN2O4.C10H13FN2O2/c1-15(2,3)22-14(20)17-8-11(7-16)9-18-6-5-12(10-18)13(19)21-4;1-15-10(14)9-2-3-13(7-9)6-8(4-11)5-12/h5-7,10H,8-9H2,1-4H3,(H,17,20);2-4,7H,5-6,12H2,1H3/b11-7+;8-4+. The number of halogens is 2. The fourth-order valence-corrected chi connectivity index (χ4v) is 2.80. The maximum absolute atomic E-state index is 12.9. The summed E-state index contributed by atoms with van der Waals surface area (Å²) in [5, 5.41) is 2.48. The fraction of sp³-hybridized carbons (Fsp3) is 0.400. The Kier molecular flexibility index (Phi) is 12.8. The molecule has 0 aromatic carbocycles. The number of ether oxygens (including phenoxy) is 3. The largest absolute Gasteiger partial charge is 0.465 e. The number of hydrogen-bond acceptors (Lipinski definition) is 7. The fourth-order valence-electron chi connectivity index (χ4n) is 2.80. The summed E-state index contributed by atoms with van der Waals surface area (Å²) in [6, 6.07) is 3.18. The molecule has 0 atom stereocenters. The number of amides is 1. The Labute approximate surface area is 214 Å². The molecule has 2 aromatic heterocycles. The molecular weight excluding hydrogens is 490 g/mol. The molecule has 1 amide bonds. The summed E-state index contributed by atoms with van der Waals surface area (Å²) in [4.78, 5) is 33.9. The van der Waals surface area contributed by atoms with Crippen LogP contribution in [0.4, 0.5) is 13.6 Å². The molecule has 0 bridgehead atoms. The third-order valence-electron chi connectivity index (χ3n) is 4.54. The summed E-state index contributed by atoms with van der Waals surface area (Å²) in [7, 11) is 2.60. The van der Waals surface area contributed by atoms with Gasteiger partial charge in [0.05, 0.1) is 38.0 Å². The quantitative estimate of drug-likeness (QED) is 0.378. The Morgan fingerprint density at radius 1 is 0.919 bits per heavy atom. The Morgan fingerprint density at radius 3 is 1.76 bits per heavy atom. The number of alkyl carbamates (subject to hydrolysis) is 1. The second-order valence-corrected chi connectivity index (χ2v) is 8.72. The van der Waals surface area contributed by atoms with Gasteiger partial charge in [0.15, 0.2) is 0 Å². The van der Waals surface area contributed by atoms with Gasteiger partial charge in [-0.3, -0.25) is 0 Å². The van der Waals surface area contributed by atoms with Gasteiger partial charge < -0.3 is 34.4 Å². The van der Waals surface area contributed by atoms with Crippen molar-refractivity contribution in [3.8, 4) is 0 Å². The van der Waals surface area contributed by atoms with E-state index in [-0.39, 0.29) is 19.6 Å². The predicted molar refractivity (Wildman–Crippen MR) is 133 cm³/mol. The Balaban J connectivity index is 0.000000397. The van der Waals surface area contributed by atoms with Crippen molar-refractivity contribution in [3.63, 3.8) is 0 Å². The molecular formula is C25H34F2N4O6. The third kappa shape index (κ3) is 11.6. The number of methoxy groups -OCH3 is 2. The number of nitrogens with two attached hydrogens (primary N) is 1. The molecule has 204 valence electrons. The zero-order chi connectivity index (χ0) is 28.0. The Hall–Kier alpha value is -3.93. The van der Waals surface area contributed by atoms with Crippen LogP contribution >= 0.6 is 0 Å². The minimum Gasteiger partial charge on any atom is -0.465 e. The van der Waals surface area contributed by atoms with Crippen molar-refractivity contribution in [1.82, 2.24) is 14.5 Å². The lowest BCUT2D eigenvalue weighted by Gasteiger charge is -2.20. The van der Waals surface area contributed by atoms with Gasteiger partial charge in [-0.25, -0.2) is 23.2 Å². The van der Waals surface area contributed by atoms with Gasteiger partial charge in [0.1, 0.15) is 5.60 Å². The molecule has 0 spiro atoms. The Morgan fingerprint density at radius 2 is 1.38 bits per heavy atom. The van der Waals surface area contributed by atoms with E-state index in [4.69, 9.17) is 10.5 Å². The summed E-state index contributed by atoms with van der Waals surface area (Å²) in [6.45, 7) is 5.93. The van der Waals surface area contributed by atoms with Crippen molar-refractivity contribution < 1.29 is 37.4 Å². The molecule has 0 unspecified atom stereocenters. The van der Waals surface area contributed by atoms with Gasteiger partial charge in [0.25, 0.3) is 0 Å². The predicted octanol–water partition coefficient (Wildman–Crippen LogP) is 3.74. The number of rotatable bonds is 9. The molecule has 3 N–H and O–H groups in total. The van der Waals surface area contributed by atoms with E-state index in [0.717, 1.165) is 0 Å². The highest BCUT2D eigenvalue weighted by Gasteiger charge is 2.16. The summed E-state index contributed by atoms with van der Waals surface area (Å²) in [5.74, 6) is -0.872. The second-order valence-electron chi connectivity index (χ2n) is 8.72. The minimum absolute atomic E-state index is 0.0111. The highest BCUT2D eigenvalue weighted by atomic mass is 19.1. The van der Waals surface area contributed by atoms with E-state index in [1.54, 1.807) is 66.8 Å². The van der Waals surface area contributed by atoms with Crippen LogP contribution < -0.4 is 11.1 Å². The van der Waals surface area contributed by atoms with Crippen molar-refractivity contribution in [2.24, 2.45) is 5.73 Å². The van der Waals surface area contributed by atoms with Gasteiger partial charge in [-0.2, -0.15) is 0 Å². The number of nitrogens with zero attached hydrogens (tertiary/aromatic N) is 2. The van der Waals surface area contributed by atoms with E-state index >= 15 is 0 Å². The summed E-state index contributed by atoms with van der Waals surface area (Å²) < 4.78 is 42.6. The van der Waals surface area contributed by atoms with E-state index in [1.165, 1.54) is 14.2 Å². The van der Waals surface area contributed by atoms with Crippen molar-refractivity contribution in [2.45, 2.75) is 39.5 Å². The zero-order valence-corrected chi connectivity index (χ0v) is 21.6. The number of aromatic nitrogens is 2. The van der Waals surface area contributed by atoms with Crippen molar-refractivity contribution in [2.75, 3.05) is 27.3 Å². The number of nitrogens with one attached hydrogen (secondary N) is 1. The molecule has 37 heavy (non-hydrogen) atoms. The van der Waals surface area contributed by atoms with Crippen LogP contribution in [-0.2, 0) is 27.3 Å². The molecule has 0 saturated carbocycles. The van der Waals surface area contributed by atoms with Gasteiger partial charge in [-0.05, 0) is 44.1 Å². The number of carbonyl (C=O) groups excluding carboxylic acids is 3. The van der Waals surface area contributed by atoms with E-state index in [1.807, 2.05) is 0 Å². The smallest absolute Gasteiger partial charge is 0.407 e. The monoisotopic (exact) mass is 524 g/mol. The van der Waals surface area contributed by atoms with Crippen LogP contribution in [0, 0.1) is 0 Å². The van der Waals surface area contributed by atoms with Crippen LogP contribution in [-0.4, -0.2) is 60.1 Å². The first-order chi connectivity index (χ1) is 17.5. The topological polar surface area (TPSA) is 127 Å². The first-order valence-corrected chi connectivity index (χ1v) is 11.2. The highest BCUT2D eigenvalue weighted by Crippen LogP contribution is 2.09. The highest BCUT2D eigenvalue weighted by molar-refractivity contribution is 5.89. The average Bonchev–Trinajstić information content (AvgIpc) is 3.53. The van der Waals surface area contributed by atoms with Gasteiger partial charge in [-0.15, -0.1) is 0 Å². The third-order valence-corrected chi connectivity index (χ3v) is 4.54. The molecule has 2 aromatic rings. The van der Waals surface area contributed by atoms with Crippen LogP contribution in [0.25, 0.3) is 0 Å².